The molecule has 0 N–H and O–H groups in total. The molecule has 4 bridgehead atoms. The van der Waals surface area contributed by atoms with Gasteiger partial charge in [-0.25, -0.2) is 0 Å². The number of hydrogen-bond acceptors (Lipinski definition) is 2. The van der Waals surface area contributed by atoms with E-state index in [0.29, 0.717) is 32.1 Å². The lowest BCUT2D eigenvalue weighted by molar-refractivity contribution is -0.160. The number of benzene rings is 1. The molecule has 1 heterocycles. The Labute approximate surface area is 183 Å². The van der Waals surface area contributed by atoms with E-state index in [0.717, 1.165) is 54.0 Å². The monoisotopic (exact) mass is 426 g/mol. The Bertz CT molecular complexity index is 840. The smallest absolute Gasteiger partial charge is 0.228 e. The third kappa shape index (κ3) is 3.09. The van der Waals surface area contributed by atoms with Crippen molar-refractivity contribution in [3.8, 4) is 0 Å². The van der Waals surface area contributed by atoms with Crippen LogP contribution in [0.5, 0.6) is 0 Å². The number of carbonyl (C=O) groups excluding carboxylic acids is 2. The molecule has 0 spiro atoms. The zero-order valence-corrected chi connectivity index (χ0v) is 18.3. The largest absolute Gasteiger partial charge is 0.339 e. The van der Waals surface area contributed by atoms with E-state index in [1.165, 1.54) is 19.3 Å². The van der Waals surface area contributed by atoms with Gasteiger partial charge in [0.05, 0.1) is 5.41 Å². The van der Waals surface area contributed by atoms with Crippen LogP contribution in [0.2, 0.25) is 5.02 Å². The first-order chi connectivity index (χ1) is 14.5. The summed E-state index contributed by atoms with van der Waals surface area (Å²) in [5.41, 5.74) is 1.04. The summed E-state index contributed by atoms with van der Waals surface area (Å²) in [6.07, 6.45) is 8.36. The number of nitrogens with zero attached hydrogens (tertiary/aromatic N) is 2. The number of amides is 2. The van der Waals surface area contributed by atoms with Crippen molar-refractivity contribution >= 4 is 23.4 Å². The van der Waals surface area contributed by atoms with Gasteiger partial charge in [-0.15, -0.1) is 0 Å². The van der Waals surface area contributed by atoms with Crippen LogP contribution >= 0.6 is 11.6 Å². The lowest BCUT2D eigenvalue weighted by atomic mass is 9.49. The number of halogens is 1. The highest BCUT2D eigenvalue weighted by molar-refractivity contribution is 6.31. The summed E-state index contributed by atoms with van der Waals surface area (Å²) in [6, 6.07) is 7.88. The summed E-state index contributed by atoms with van der Waals surface area (Å²) in [4.78, 5) is 30.7. The molecule has 7 rings (SSSR count). The Morgan fingerprint density at radius 2 is 1.40 bits per heavy atom. The molecule has 5 saturated carbocycles. The average Bonchev–Trinajstić information content (AvgIpc) is 3.53. The van der Waals surface area contributed by atoms with Crippen LogP contribution in [0.25, 0.3) is 0 Å². The van der Waals surface area contributed by atoms with E-state index in [4.69, 9.17) is 11.6 Å². The third-order valence-corrected chi connectivity index (χ3v) is 9.13. The lowest BCUT2D eigenvalue weighted by Crippen LogP contribution is -2.58. The highest BCUT2D eigenvalue weighted by atomic mass is 35.5. The highest BCUT2D eigenvalue weighted by Crippen LogP contribution is 2.60. The van der Waals surface area contributed by atoms with Crippen molar-refractivity contribution in [2.75, 3.05) is 26.2 Å². The van der Waals surface area contributed by atoms with Gasteiger partial charge in [-0.2, -0.15) is 0 Å². The summed E-state index contributed by atoms with van der Waals surface area (Å²) >= 11 is 6.33. The van der Waals surface area contributed by atoms with Crippen LogP contribution in [-0.4, -0.2) is 47.8 Å². The van der Waals surface area contributed by atoms with Gasteiger partial charge in [0.15, 0.2) is 0 Å². The molecule has 0 aromatic heterocycles. The van der Waals surface area contributed by atoms with Gasteiger partial charge < -0.3 is 9.80 Å². The van der Waals surface area contributed by atoms with Gasteiger partial charge in [-0.3, -0.25) is 9.59 Å². The number of rotatable bonds is 3. The van der Waals surface area contributed by atoms with Gasteiger partial charge in [0.25, 0.3) is 0 Å². The standard InChI is InChI=1S/C25H31ClN2O2/c26-22-4-2-1-3-19(22)20-12-21(20)23(29)27-5-7-28(8-6-27)24(30)25-13-16-9-17(14-25)11-18(10-16)15-25/h1-4,16-18,20-21H,5-15H2. The van der Waals surface area contributed by atoms with E-state index >= 15 is 0 Å². The molecule has 1 aliphatic heterocycles. The maximum Gasteiger partial charge on any atom is 0.228 e. The van der Waals surface area contributed by atoms with E-state index < -0.39 is 0 Å². The van der Waals surface area contributed by atoms with Crippen LogP contribution in [0.4, 0.5) is 0 Å². The second-order valence-corrected chi connectivity index (χ2v) is 11.2. The average molecular weight is 427 g/mol. The quantitative estimate of drug-likeness (QED) is 0.721. The molecule has 2 atom stereocenters. The summed E-state index contributed by atoms with van der Waals surface area (Å²) in [6.45, 7) is 2.77. The van der Waals surface area contributed by atoms with Crippen LogP contribution < -0.4 is 0 Å². The fraction of sp³-hybridized carbons (Fsp3) is 0.680. The SMILES string of the molecule is O=C(C1CC1c1ccccc1Cl)N1CCN(C(=O)C23CC4CC(CC(C4)C2)C3)CC1. The number of hydrogen-bond donors (Lipinski definition) is 0. The molecule has 1 aromatic carbocycles. The van der Waals surface area contributed by atoms with E-state index in [1.54, 1.807) is 0 Å². The van der Waals surface area contributed by atoms with Crippen LogP contribution in [0, 0.1) is 29.1 Å². The molecule has 1 saturated heterocycles. The van der Waals surface area contributed by atoms with Gasteiger partial charge in [0.1, 0.15) is 0 Å². The minimum atomic E-state index is -0.0629. The van der Waals surface area contributed by atoms with Crippen molar-refractivity contribution in [2.45, 2.75) is 50.9 Å². The molecule has 4 nitrogen and oxygen atoms in total. The van der Waals surface area contributed by atoms with Crippen molar-refractivity contribution in [1.82, 2.24) is 9.80 Å². The molecule has 6 fully saturated rings. The van der Waals surface area contributed by atoms with Gasteiger partial charge >= 0.3 is 0 Å². The Balaban J connectivity index is 1.07. The molecule has 160 valence electrons. The molecule has 5 aliphatic carbocycles. The Hall–Kier alpha value is -1.55. The maximum absolute atomic E-state index is 13.6. The lowest BCUT2D eigenvalue weighted by Gasteiger charge is -2.57. The molecule has 1 aromatic rings. The molecular formula is C25H31ClN2O2. The molecule has 6 aliphatic rings. The third-order valence-electron chi connectivity index (χ3n) is 8.78. The van der Waals surface area contributed by atoms with Gasteiger partial charge in [-0.05, 0) is 80.2 Å². The Morgan fingerprint density at radius 1 is 0.833 bits per heavy atom. The molecule has 0 radical (unpaired) electrons. The predicted octanol–water partition coefficient (Wildman–Crippen LogP) is 4.33. The molecule has 2 unspecified atom stereocenters. The van der Waals surface area contributed by atoms with E-state index in [-0.39, 0.29) is 23.2 Å². The summed E-state index contributed by atoms with van der Waals surface area (Å²) in [5, 5.41) is 0.767. The fourth-order valence-electron chi connectivity index (χ4n) is 7.66. The van der Waals surface area contributed by atoms with Gasteiger partial charge in [0, 0.05) is 37.1 Å². The Morgan fingerprint density at radius 3 is 2.00 bits per heavy atom. The minimum absolute atomic E-state index is 0.0629. The number of piperazine rings is 1. The van der Waals surface area contributed by atoms with E-state index in [9.17, 15) is 9.59 Å². The van der Waals surface area contributed by atoms with Crippen LogP contribution in [0.15, 0.2) is 24.3 Å². The number of carbonyl (C=O) groups is 2. The van der Waals surface area contributed by atoms with E-state index in [2.05, 4.69) is 4.90 Å². The van der Waals surface area contributed by atoms with Crippen molar-refractivity contribution in [1.29, 1.82) is 0 Å². The second kappa shape index (κ2) is 6.98. The van der Waals surface area contributed by atoms with E-state index in [1.807, 2.05) is 29.2 Å². The van der Waals surface area contributed by atoms with Crippen LogP contribution in [0.3, 0.4) is 0 Å². The van der Waals surface area contributed by atoms with Gasteiger partial charge in [0.2, 0.25) is 11.8 Å². The fourth-order valence-corrected chi connectivity index (χ4v) is 7.94. The first-order valence-corrected chi connectivity index (χ1v) is 12.2. The minimum Gasteiger partial charge on any atom is -0.339 e. The van der Waals surface area contributed by atoms with Crippen molar-refractivity contribution in [2.24, 2.45) is 29.1 Å². The maximum atomic E-state index is 13.6. The highest BCUT2D eigenvalue weighted by Gasteiger charge is 2.56. The molecule has 5 heteroatoms. The van der Waals surface area contributed by atoms with Crippen LogP contribution in [-0.2, 0) is 9.59 Å². The summed E-state index contributed by atoms with van der Waals surface area (Å²) < 4.78 is 0. The van der Waals surface area contributed by atoms with Crippen molar-refractivity contribution in [3.05, 3.63) is 34.9 Å². The molecule has 2 amide bonds. The van der Waals surface area contributed by atoms with Crippen LogP contribution in [0.1, 0.15) is 56.4 Å². The topological polar surface area (TPSA) is 40.6 Å². The predicted molar refractivity (Wildman–Crippen MR) is 116 cm³/mol. The summed E-state index contributed by atoms with van der Waals surface area (Å²) in [7, 11) is 0. The summed E-state index contributed by atoms with van der Waals surface area (Å²) in [5.74, 6) is 3.36. The van der Waals surface area contributed by atoms with Crippen molar-refractivity contribution < 1.29 is 9.59 Å². The normalized spacial score (nSPS) is 39.3. The second-order valence-electron chi connectivity index (χ2n) is 10.8. The first-order valence-electron chi connectivity index (χ1n) is 11.8. The molecular weight excluding hydrogens is 396 g/mol. The zero-order chi connectivity index (χ0) is 20.5. The van der Waals surface area contributed by atoms with Gasteiger partial charge in [-0.1, -0.05) is 29.8 Å². The first kappa shape index (κ1) is 19.2. The Kier molecular flexibility index (Phi) is 4.46. The zero-order valence-electron chi connectivity index (χ0n) is 17.6. The van der Waals surface area contributed by atoms with Crippen molar-refractivity contribution in [3.63, 3.8) is 0 Å². The molecule has 30 heavy (non-hydrogen) atoms.